The molecule has 22 heavy (non-hydrogen) atoms. The summed E-state index contributed by atoms with van der Waals surface area (Å²) < 4.78 is 24.4. The second-order valence-electron chi connectivity index (χ2n) is 5.45. The van der Waals surface area contributed by atoms with Crippen LogP contribution in [0.2, 0.25) is 0 Å². The molecule has 6 heteroatoms. The number of carbonyl (C=O) groups is 1. The number of fused-ring (bicyclic) bond motifs is 1. The van der Waals surface area contributed by atoms with Gasteiger partial charge in [-0.1, -0.05) is 13.0 Å². The van der Waals surface area contributed by atoms with Gasteiger partial charge in [-0.25, -0.2) is 8.42 Å². The Morgan fingerprint density at radius 2 is 1.95 bits per heavy atom. The summed E-state index contributed by atoms with van der Waals surface area (Å²) in [6.07, 6.45) is 3.78. The maximum atomic E-state index is 12.3. The lowest BCUT2D eigenvalue weighted by Crippen LogP contribution is -2.20. The van der Waals surface area contributed by atoms with Crippen LogP contribution in [0.3, 0.4) is 0 Å². The quantitative estimate of drug-likeness (QED) is 0.924. The number of hydrogen-bond acceptors (Lipinski definition) is 4. The lowest BCUT2D eigenvalue weighted by molar-refractivity contribution is 0.102. The van der Waals surface area contributed by atoms with E-state index in [4.69, 9.17) is 0 Å². The second-order valence-corrected chi connectivity index (χ2v) is 7.53. The zero-order chi connectivity index (χ0) is 15.7. The third kappa shape index (κ3) is 2.74. The number of aromatic nitrogens is 1. The second kappa shape index (κ2) is 5.53. The Morgan fingerprint density at radius 3 is 2.68 bits per heavy atom. The molecule has 1 N–H and O–H groups in total. The topological polar surface area (TPSA) is 76.1 Å². The minimum atomic E-state index is -3.29. The van der Waals surface area contributed by atoms with Crippen LogP contribution in [0, 0.1) is 0 Å². The van der Waals surface area contributed by atoms with E-state index < -0.39 is 9.84 Å². The van der Waals surface area contributed by atoms with E-state index in [0.717, 1.165) is 5.56 Å². The van der Waals surface area contributed by atoms with Crippen LogP contribution in [0.5, 0.6) is 0 Å². The maximum Gasteiger partial charge on any atom is 0.255 e. The standard InChI is InChI=1S/C16H16N2O3S/c1-11-6-9-22(20,21)15-10-12(2-3-14(11)15)16(19)18-13-4-7-17-8-5-13/h2-5,7-8,10-11H,6,9H2,1H3,(H,17,18,19). The number of carbonyl (C=O) groups excluding carboxylic acids is 1. The molecule has 2 aromatic rings. The van der Waals surface area contributed by atoms with Gasteiger partial charge in [0, 0.05) is 23.6 Å². The predicted molar refractivity (Wildman–Crippen MR) is 83.7 cm³/mol. The van der Waals surface area contributed by atoms with E-state index in [9.17, 15) is 13.2 Å². The third-order valence-corrected chi connectivity index (χ3v) is 5.70. The van der Waals surface area contributed by atoms with Crippen LogP contribution in [0.1, 0.15) is 35.2 Å². The van der Waals surface area contributed by atoms with Crippen LogP contribution in [0.15, 0.2) is 47.6 Å². The Balaban J connectivity index is 1.95. The van der Waals surface area contributed by atoms with Gasteiger partial charge >= 0.3 is 0 Å². The molecule has 1 aliphatic heterocycles. The number of pyridine rings is 1. The highest BCUT2D eigenvalue weighted by Gasteiger charge is 2.28. The van der Waals surface area contributed by atoms with Crippen molar-refractivity contribution in [2.75, 3.05) is 11.1 Å². The monoisotopic (exact) mass is 316 g/mol. The fraction of sp³-hybridized carbons (Fsp3) is 0.250. The summed E-state index contributed by atoms with van der Waals surface area (Å²) in [7, 11) is -3.29. The Kier molecular flexibility index (Phi) is 3.70. The number of hydrogen-bond donors (Lipinski definition) is 1. The number of sulfone groups is 1. The van der Waals surface area contributed by atoms with Crippen LogP contribution >= 0.6 is 0 Å². The van der Waals surface area contributed by atoms with Crippen LogP contribution in [0.4, 0.5) is 5.69 Å². The lowest BCUT2D eigenvalue weighted by Gasteiger charge is -2.22. The van der Waals surface area contributed by atoms with Gasteiger partial charge in [-0.2, -0.15) is 0 Å². The Bertz CT molecular complexity index is 817. The van der Waals surface area contributed by atoms with Gasteiger partial charge in [0.25, 0.3) is 5.91 Å². The first kappa shape index (κ1) is 14.7. The summed E-state index contributed by atoms with van der Waals surface area (Å²) in [5.41, 5.74) is 1.76. The predicted octanol–water partition coefficient (Wildman–Crippen LogP) is 2.61. The third-order valence-electron chi connectivity index (χ3n) is 3.90. The van der Waals surface area contributed by atoms with Crippen molar-refractivity contribution in [3.63, 3.8) is 0 Å². The number of nitrogens with one attached hydrogen (secondary N) is 1. The molecule has 0 fully saturated rings. The van der Waals surface area contributed by atoms with E-state index in [1.807, 2.05) is 6.92 Å². The first-order chi connectivity index (χ1) is 10.5. The van der Waals surface area contributed by atoms with Gasteiger partial charge in [-0.3, -0.25) is 9.78 Å². The smallest absolute Gasteiger partial charge is 0.255 e. The molecule has 0 saturated carbocycles. The van der Waals surface area contributed by atoms with E-state index in [-0.39, 0.29) is 22.5 Å². The van der Waals surface area contributed by atoms with Gasteiger partial charge in [0.05, 0.1) is 10.6 Å². The van der Waals surface area contributed by atoms with Crippen LogP contribution in [-0.4, -0.2) is 25.1 Å². The van der Waals surface area contributed by atoms with E-state index >= 15 is 0 Å². The Hall–Kier alpha value is -2.21. The van der Waals surface area contributed by atoms with E-state index in [1.54, 1.807) is 36.7 Å². The van der Waals surface area contributed by atoms with Crippen LogP contribution in [0.25, 0.3) is 0 Å². The molecule has 1 aromatic carbocycles. The van der Waals surface area contributed by atoms with Crippen molar-refractivity contribution in [1.29, 1.82) is 0 Å². The maximum absolute atomic E-state index is 12.3. The highest BCUT2D eigenvalue weighted by atomic mass is 32.2. The van der Waals surface area contributed by atoms with Gasteiger partial charge in [0.2, 0.25) is 0 Å². The molecule has 0 spiro atoms. The SMILES string of the molecule is CC1CCS(=O)(=O)c2cc(C(=O)Nc3ccncc3)ccc21. The normalized spacial score (nSPS) is 19.2. The number of nitrogens with zero attached hydrogens (tertiary/aromatic N) is 1. The molecule has 1 aliphatic rings. The molecule has 114 valence electrons. The van der Waals surface area contributed by atoms with Crippen molar-refractivity contribution in [2.24, 2.45) is 0 Å². The molecule has 0 aliphatic carbocycles. The molecule has 1 atom stereocenters. The molecule has 5 nitrogen and oxygen atoms in total. The summed E-state index contributed by atoms with van der Waals surface area (Å²) >= 11 is 0. The fourth-order valence-corrected chi connectivity index (χ4v) is 4.41. The Labute approximate surface area is 129 Å². The average molecular weight is 316 g/mol. The lowest BCUT2D eigenvalue weighted by atomic mass is 9.97. The number of amides is 1. The molecule has 3 rings (SSSR count). The Morgan fingerprint density at radius 1 is 1.23 bits per heavy atom. The van der Waals surface area contributed by atoms with Crippen LogP contribution < -0.4 is 5.32 Å². The minimum Gasteiger partial charge on any atom is -0.322 e. The van der Waals surface area contributed by atoms with Crippen molar-refractivity contribution >= 4 is 21.4 Å². The zero-order valence-corrected chi connectivity index (χ0v) is 12.9. The summed E-state index contributed by atoms with van der Waals surface area (Å²) in [5, 5.41) is 2.73. The van der Waals surface area contributed by atoms with Crippen molar-refractivity contribution in [3.8, 4) is 0 Å². The molecule has 1 aromatic heterocycles. The molecule has 0 saturated heterocycles. The highest BCUT2D eigenvalue weighted by molar-refractivity contribution is 7.91. The average Bonchev–Trinajstić information content (AvgIpc) is 2.52. The summed E-state index contributed by atoms with van der Waals surface area (Å²) in [6.45, 7) is 2.00. The molecular weight excluding hydrogens is 300 g/mol. The van der Waals surface area contributed by atoms with Gasteiger partial charge in [0.1, 0.15) is 0 Å². The van der Waals surface area contributed by atoms with Gasteiger partial charge < -0.3 is 5.32 Å². The van der Waals surface area contributed by atoms with E-state index in [2.05, 4.69) is 10.3 Å². The number of anilines is 1. The van der Waals surface area contributed by atoms with Crippen molar-refractivity contribution in [1.82, 2.24) is 4.98 Å². The fourth-order valence-electron chi connectivity index (χ4n) is 2.59. The summed E-state index contributed by atoms with van der Waals surface area (Å²) in [4.78, 5) is 16.4. The van der Waals surface area contributed by atoms with E-state index in [0.29, 0.717) is 17.7 Å². The van der Waals surface area contributed by atoms with Gasteiger partial charge in [-0.15, -0.1) is 0 Å². The molecule has 0 bridgehead atoms. The number of benzene rings is 1. The van der Waals surface area contributed by atoms with Gasteiger partial charge in [0.15, 0.2) is 9.84 Å². The molecule has 1 unspecified atom stereocenters. The van der Waals surface area contributed by atoms with Crippen molar-refractivity contribution in [3.05, 3.63) is 53.9 Å². The molecule has 2 heterocycles. The minimum absolute atomic E-state index is 0.136. The largest absolute Gasteiger partial charge is 0.322 e. The first-order valence-corrected chi connectivity index (χ1v) is 8.71. The van der Waals surface area contributed by atoms with Crippen molar-refractivity contribution < 1.29 is 13.2 Å². The zero-order valence-electron chi connectivity index (χ0n) is 12.1. The summed E-state index contributed by atoms with van der Waals surface area (Å²) in [6, 6.07) is 8.26. The summed E-state index contributed by atoms with van der Waals surface area (Å²) in [5.74, 6) is -0.00499. The molecule has 0 radical (unpaired) electrons. The highest BCUT2D eigenvalue weighted by Crippen LogP contribution is 2.34. The first-order valence-electron chi connectivity index (χ1n) is 7.05. The van der Waals surface area contributed by atoms with Crippen LogP contribution in [-0.2, 0) is 9.84 Å². The van der Waals surface area contributed by atoms with Crippen molar-refractivity contribution in [2.45, 2.75) is 24.2 Å². The molecule has 1 amide bonds. The van der Waals surface area contributed by atoms with Gasteiger partial charge in [-0.05, 0) is 42.2 Å². The molecular formula is C16H16N2O3S. The number of rotatable bonds is 2. The van der Waals surface area contributed by atoms with E-state index in [1.165, 1.54) is 6.07 Å².